The molecule has 4 rings (SSSR count). The molecule has 3 heterocycles. The molecule has 3 aromatic rings. The number of nitrogens with one attached hydrogen (secondary N) is 1. The van der Waals surface area contributed by atoms with Gasteiger partial charge in [-0.25, -0.2) is 4.63 Å². The Labute approximate surface area is 122 Å². The lowest BCUT2D eigenvalue weighted by atomic mass is 10.1. The zero-order valence-corrected chi connectivity index (χ0v) is 11.6. The van der Waals surface area contributed by atoms with Crippen LogP contribution in [0.2, 0.25) is 0 Å². The van der Waals surface area contributed by atoms with Crippen LogP contribution in [0.25, 0.3) is 11.0 Å². The first-order valence-corrected chi connectivity index (χ1v) is 6.36. The molecule has 0 aliphatic carbocycles. The molecule has 1 N–H and O–H groups in total. The van der Waals surface area contributed by atoms with Crippen molar-refractivity contribution >= 4 is 45.9 Å². The van der Waals surface area contributed by atoms with Crippen LogP contribution in [-0.2, 0) is 9.59 Å². The van der Waals surface area contributed by atoms with Crippen LogP contribution in [0.1, 0.15) is 13.8 Å². The minimum absolute atomic E-state index is 0.165. The zero-order chi connectivity index (χ0) is 15.4. The van der Waals surface area contributed by atoms with Gasteiger partial charge < -0.3 is 0 Å². The van der Waals surface area contributed by atoms with E-state index >= 15 is 0 Å². The molecule has 2 amide bonds. The van der Waals surface area contributed by atoms with Crippen LogP contribution in [-0.4, -0.2) is 37.5 Å². The summed E-state index contributed by atoms with van der Waals surface area (Å²) in [6, 6.07) is 3.31. The highest BCUT2D eigenvalue weighted by Gasteiger charge is 2.37. The summed E-state index contributed by atoms with van der Waals surface area (Å²) in [4.78, 5) is 26.7. The number of amides is 2. The molecule has 0 fully saturated rings. The number of H-pyrrole nitrogens is 1. The number of aromatic amines is 1. The summed E-state index contributed by atoms with van der Waals surface area (Å²) in [6.07, 6.45) is 0. The molecule has 1 aliphatic heterocycles. The summed E-state index contributed by atoms with van der Waals surface area (Å²) in [5, 5.41) is 18.0. The molecule has 10 heteroatoms. The van der Waals surface area contributed by atoms with E-state index < -0.39 is 0 Å². The number of anilines is 4. The number of aromatic nitrogens is 5. The molecule has 0 radical (unpaired) electrons. The van der Waals surface area contributed by atoms with E-state index in [0.29, 0.717) is 22.4 Å². The second kappa shape index (κ2) is 4.10. The Bertz CT molecular complexity index is 857. The van der Waals surface area contributed by atoms with Crippen LogP contribution in [0, 0.1) is 0 Å². The quantitative estimate of drug-likeness (QED) is 0.657. The predicted molar refractivity (Wildman–Crippen MR) is 73.8 cm³/mol. The largest absolute Gasteiger partial charge is 0.274 e. The third-order valence-corrected chi connectivity index (χ3v) is 3.40. The summed E-state index contributed by atoms with van der Waals surface area (Å²) in [5.74, 6) is -0.246. The van der Waals surface area contributed by atoms with Gasteiger partial charge in [-0.1, -0.05) is 0 Å². The molecule has 0 saturated heterocycles. The summed E-state index contributed by atoms with van der Waals surface area (Å²) < 4.78 is 4.71. The lowest BCUT2D eigenvalue weighted by molar-refractivity contribution is -0.117. The molecular formula is C12H9N7O3. The lowest BCUT2D eigenvalue weighted by Crippen LogP contribution is -2.34. The molecule has 0 unspecified atom stereocenters. The standard InChI is InChI=1S/C12H9N7O3/c1-5(20)18-9-3-7-8(14-17-13-7)4-10(9)19(6(2)21)12-11(18)15-22-16-12/h3-4H,1-2H3,(H,13,14,17). The van der Waals surface area contributed by atoms with E-state index in [4.69, 9.17) is 4.63 Å². The first kappa shape index (κ1) is 12.4. The highest BCUT2D eigenvalue weighted by Crippen LogP contribution is 2.47. The van der Waals surface area contributed by atoms with Gasteiger partial charge in [0.2, 0.25) is 23.5 Å². The van der Waals surface area contributed by atoms with Crippen LogP contribution in [0.5, 0.6) is 0 Å². The van der Waals surface area contributed by atoms with E-state index in [1.165, 1.54) is 23.6 Å². The lowest BCUT2D eigenvalue weighted by Gasteiger charge is -2.31. The molecule has 1 aliphatic rings. The third-order valence-electron chi connectivity index (χ3n) is 3.40. The summed E-state index contributed by atoms with van der Waals surface area (Å²) in [7, 11) is 0. The fraction of sp³-hybridized carbons (Fsp3) is 0.167. The maximum Gasteiger partial charge on any atom is 0.230 e. The molecule has 1 aromatic carbocycles. The van der Waals surface area contributed by atoms with Gasteiger partial charge >= 0.3 is 0 Å². The van der Waals surface area contributed by atoms with Crippen LogP contribution in [0.15, 0.2) is 16.8 Å². The molecule has 22 heavy (non-hydrogen) atoms. The molecule has 10 nitrogen and oxygen atoms in total. The Morgan fingerprint density at radius 1 is 0.955 bits per heavy atom. The summed E-state index contributed by atoms with van der Waals surface area (Å²) in [5.41, 5.74) is 2.06. The van der Waals surface area contributed by atoms with E-state index in [-0.39, 0.29) is 23.5 Å². The van der Waals surface area contributed by atoms with Gasteiger partial charge in [0.1, 0.15) is 11.0 Å². The number of hydrogen-bond donors (Lipinski definition) is 1. The van der Waals surface area contributed by atoms with Gasteiger partial charge in [-0.05, 0) is 22.4 Å². The number of rotatable bonds is 0. The third kappa shape index (κ3) is 1.48. The minimum Gasteiger partial charge on any atom is -0.274 e. The fourth-order valence-corrected chi connectivity index (χ4v) is 2.55. The van der Waals surface area contributed by atoms with Crippen molar-refractivity contribution in [3.63, 3.8) is 0 Å². The van der Waals surface area contributed by atoms with Crippen molar-refractivity contribution in [1.29, 1.82) is 0 Å². The van der Waals surface area contributed by atoms with Crippen molar-refractivity contribution in [3.8, 4) is 0 Å². The minimum atomic E-state index is -0.288. The maximum atomic E-state index is 12.0. The van der Waals surface area contributed by atoms with E-state index in [2.05, 4.69) is 25.7 Å². The summed E-state index contributed by atoms with van der Waals surface area (Å²) in [6.45, 7) is 2.78. The number of hydrogen-bond acceptors (Lipinski definition) is 7. The zero-order valence-electron chi connectivity index (χ0n) is 11.6. The number of carbonyl (C=O) groups is 2. The number of benzene rings is 1. The van der Waals surface area contributed by atoms with Crippen LogP contribution in [0.4, 0.5) is 23.0 Å². The monoisotopic (exact) mass is 299 g/mol. The van der Waals surface area contributed by atoms with Gasteiger partial charge in [-0.2, -0.15) is 15.4 Å². The second-order valence-electron chi connectivity index (χ2n) is 4.77. The van der Waals surface area contributed by atoms with Crippen molar-refractivity contribution in [2.45, 2.75) is 13.8 Å². The Balaban J connectivity index is 2.09. The second-order valence-corrected chi connectivity index (χ2v) is 4.77. The Hall–Kier alpha value is -3.30. The Morgan fingerprint density at radius 3 is 1.82 bits per heavy atom. The topological polar surface area (TPSA) is 121 Å². The number of carbonyl (C=O) groups excluding carboxylic acids is 2. The smallest absolute Gasteiger partial charge is 0.230 e. The predicted octanol–water partition coefficient (Wildman–Crippen LogP) is 1.02. The van der Waals surface area contributed by atoms with Crippen molar-refractivity contribution in [3.05, 3.63) is 12.1 Å². The number of nitrogens with zero attached hydrogens (tertiary/aromatic N) is 6. The van der Waals surface area contributed by atoms with Gasteiger partial charge in [0.05, 0.1) is 11.4 Å². The van der Waals surface area contributed by atoms with Crippen LogP contribution < -0.4 is 9.80 Å². The van der Waals surface area contributed by atoms with E-state index in [9.17, 15) is 9.59 Å². The molecule has 0 saturated carbocycles. The van der Waals surface area contributed by atoms with E-state index in [1.807, 2.05) is 0 Å². The average molecular weight is 299 g/mol. The van der Waals surface area contributed by atoms with Crippen molar-refractivity contribution < 1.29 is 14.2 Å². The normalized spacial score (nSPS) is 13.2. The van der Waals surface area contributed by atoms with E-state index in [0.717, 1.165) is 0 Å². The Kier molecular flexibility index (Phi) is 2.32. The molecule has 0 spiro atoms. The Morgan fingerprint density at radius 2 is 1.41 bits per heavy atom. The van der Waals surface area contributed by atoms with Crippen molar-refractivity contribution in [2.75, 3.05) is 9.80 Å². The van der Waals surface area contributed by atoms with Gasteiger partial charge in [0.15, 0.2) is 0 Å². The highest BCUT2D eigenvalue weighted by atomic mass is 16.6. The SMILES string of the molecule is CC(=O)N1c2cc3n[nH]nc3cc2N(C(C)=O)c2nonc21. The maximum absolute atomic E-state index is 12.0. The van der Waals surface area contributed by atoms with Crippen molar-refractivity contribution in [1.82, 2.24) is 25.7 Å². The molecule has 0 bridgehead atoms. The van der Waals surface area contributed by atoms with Gasteiger partial charge in [0, 0.05) is 13.8 Å². The van der Waals surface area contributed by atoms with Gasteiger partial charge in [-0.15, -0.1) is 0 Å². The molecule has 0 atom stereocenters. The van der Waals surface area contributed by atoms with Crippen molar-refractivity contribution in [2.24, 2.45) is 0 Å². The first-order chi connectivity index (χ1) is 10.6. The van der Waals surface area contributed by atoms with E-state index in [1.54, 1.807) is 12.1 Å². The fourth-order valence-electron chi connectivity index (χ4n) is 2.55. The molecular weight excluding hydrogens is 290 g/mol. The first-order valence-electron chi connectivity index (χ1n) is 6.36. The van der Waals surface area contributed by atoms with Crippen LogP contribution in [0.3, 0.4) is 0 Å². The van der Waals surface area contributed by atoms with Gasteiger partial charge in [-0.3, -0.25) is 19.4 Å². The van der Waals surface area contributed by atoms with Gasteiger partial charge in [0.25, 0.3) is 0 Å². The van der Waals surface area contributed by atoms with Crippen LogP contribution >= 0.6 is 0 Å². The summed E-state index contributed by atoms with van der Waals surface area (Å²) >= 11 is 0. The average Bonchev–Trinajstić information content (AvgIpc) is 3.09. The molecule has 2 aromatic heterocycles. The highest BCUT2D eigenvalue weighted by molar-refractivity contribution is 6.15. The number of fused-ring (bicyclic) bond motifs is 3. The molecule has 110 valence electrons.